The Morgan fingerprint density at radius 1 is 0.654 bits per heavy atom. The van der Waals surface area contributed by atoms with Crippen LogP contribution in [0.4, 0.5) is 0 Å². The zero-order chi connectivity index (χ0) is 37.6. The standard InChI is InChI=1S/C42H80N8O2/c1-9-12-27-44-39(43)46-40(48(29-14-11-3)36-26-31-50(42(7,8)33-36)52-38-23-19-16-20-24-38)45-34(4)47(28-13-10-2)35-25-30-49(41(5,6)32-35)51-37-21-17-15-18-22-37/h35-38H,9-33H2,1-8H3,(H2,43,44)/b45-34+,46-40+. The lowest BCUT2D eigenvalue weighted by Gasteiger charge is -2.49. The molecule has 4 rings (SSSR count). The molecule has 0 radical (unpaired) electrons. The van der Waals surface area contributed by atoms with E-state index in [0.29, 0.717) is 30.8 Å². The van der Waals surface area contributed by atoms with Crippen molar-refractivity contribution in [2.24, 2.45) is 20.7 Å². The molecule has 2 saturated heterocycles. The van der Waals surface area contributed by atoms with Crippen molar-refractivity contribution >= 4 is 17.8 Å². The Bertz CT molecular complexity index is 1130. The quantitative estimate of drug-likeness (QED) is 0.102. The maximum atomic E-state index is 6.70. The first-order valence-electron chi connectivity index (χ1n) is 21.8. The number of hydroxylamine groups is 4. The van der Waals surface area contributed by atoms with Gasteiger partial charge in [-0.1, -0.05) is 78.6 Å². The van der Waals surface area contributed by atoms with Crippen LogP contribution in [0.2, 0.25) is 0 Å². The van der Waals surface area contributed by atoms with Crippen LogP contribution in [-0.4, -0.2) is 106 Å². The van der Waals surface area contributed by atoms with Gasteiger partial charge in [-0.2, -0.15) is 15.1 Å². The number of aliphatic imine (C=N–C) groups is 3. The molecule has 2 aliphatic carbocycles. The van der Waals surface area contributed by atoms with E-state index in [4.69, 9.17) is 25.4 Å². The van der Waals surface area contributed by atoms with E-state index in [-0.39, 0.29) is 17.1 Å². The number of hydrogen-bond acceptors (Lipinski definition) is 5. The van der Waals surface area contributed by atoms with Crippen molar-refractivity contribution in [3.05, 3.63) is 0 Å². The lowest BCUT2D eigenvalue weighted by Crippen LogP contribution is -2.58. The number of nitrogens with two attached hydrogens (primary N) is 1. The first-order valence-corrected chi connectivity index (χ1v) is 21.8. The summed E-state index contributed by atoms with van der Waals surface area (Å²) in [5.41, 5.74) is 6.45. The van der Waals surface area contributed by atoms with Gasteiger partial charge in [-0.25, -0.2) is 4.99 Å². The van der Waals surface area contributed by atoms with E-state index < -0.39 is 0 Å². The van der Waals surface area contributed by atoms with Crippen LogP contribution in [0, 0.1) is 0 Å². The Hall–Kier alpha value is -1.75. The van der Waals surface area contributed by atoms with Crippen molar-refractivity contribution < 1.29 is 9.68 Å². The first kappa shape index (κ1) is 43.0. The lowest BCUT2D eigenvalue weighted by molar-refractivity contribution is -0.265. The van der Waals surface area contributed by atoms with E-state index in [2.05, 4.69) is 80.3 Å². The molecule has 300 valence electrons. The van der Waals surface area contributed by atoms with Crippen molar-refractivity contribution in [1.29, 1.82) is 0 Å². The van der Waals surface area contributed by atoms with Gasteiger partial charge in [-0.15, -0.1) is 0 Å². The summed E-state index contributed by atoms with van der Waals surface area (Å²) in [5, 5.41) is 4.63. The Morgan fingerprint density at radius 3 is 1.58 bits per heavy atom. The van der Waals surface area contributed by atoms with Crippen LogP contribution in [0.3, 0.4) is 0 Å². The summed E-state index contributed by atoms with van der Waals surface area (Å²) in [5.74, 6) is 2.10. The summed E-state index contributed by atoms with van der Waals surface area (Å²) in [7, 11) is 0. The van der Waals surface area contributed by atoms with Crippen LogP contribution in [0.15, 0.2) is 15.0 Å². The number of piperidine rings is 2. The minimum absolute atomic E-state index is 0.0508. The summed E-state index contributed by atoms with van der Waals surface area (Å²) in [6.45, 7) is 22.8. The van der Waals surface area contributed by atoms with Gasteiger partial charge < -0.3 is 15.5 Å². The molecular weight excluding hydrogens is 649 g/mol. The summed E-state index contributed by atoms with van der Waals surface area (Å²) in [6.07, 6.45) is 23.9. The molecule has 2 atom stereocenters. The molecule has 2 heterocycles. The summed E-state index contributed by atoms with van der Waals surface area (Å²) >= 11 is 0. The van der Waals surface area contributed by atoms with Crippen LogP contribution >= 0.6 is 0 Å². The van der Waals surface area contributed by atoms with E-state index in [1.807, 2.05) is 0 Å². The molecule has 4 fully saturated rings. The predicted molar refractivity (Wildman–Crippen MR) is 219 cm³/mol. The fourth-order valence-electron chi connectivity index (χ4n) is 8.89. The number of nitrogens with zero attached hydrogens (tertiary/aromatic N) is 7. The van der Waals surface area contributed by atoms with Gasteiger partial charge in [0.1, 0.15) is 5.84 Å². The summed E-state index contributed by atoms with van der Waals surface area (Å²) in [4.78, 5) is 33.7. The minimum atomic E-state index is -0.0954. The molecule has 0 bridgehead atoms. The third-order valence-electron chi connectivity index (χ3n) is 12.1. The van der Waals surface area contributed by atoms with Gasteiger partial charge >= 0.3 is 0 Å². The smallest absolute Gasteiger partial charge is 0.230 e. The second kappa shape index (κ2) is 21.4. The van der Waals surface area contributed by atoms with Crippen molar-refractivity contribution in [2.75, 3.05) is 32.7 Å². The molecule has 2 N–H and O–H groups in total. The molecule has 0 aromatic rings. The van der Waals surface area contributed by atoms with Crippen LogP contribution in [-0.2, 0) is 9.68 Å². The highest BCUT2D eigenvalue weighted by Crippen LogP contribution is 2.35. The summed E-state index contributed by atoms with van der Waals surface area (Å²) in [6, 6.07) is 0.672. The second-order valence-electron chi connectivity index (χ2n) is 17.6. The molecule has 2 saturated carbocycles. The SMILES string of the molecule is CCCCN=C(N)/N=C(\N=C(/C)N(CCCC)C1CCN(OC2CCCCC2)C(C)(C)C1)N(CCCC)C1CCN(OC2CCCCC2)C(C)(C)C1. The topological polar surface area (TPSA) is 94.5 Å². The first-order chi connectivity index (χ1) is 25.0. The molecule has 2 unspecified atom stereocenters. The molecule has 0 spiro atoms. The number of unbranched alkanes of at least 4 members (excludes halogenated alkanes) is 3. The molecule has 0 aromatic carbocycles. The molecule has 0 aromatic heterocycles. The van der Waals surface area contributed by atoms with E-state index in [9.17, 15) is 0 Å². The molecule has 10 nitrogen and oxygen atoms in total. The normalized spacial score (nSPS) is 26.1. The number of amidine groups is 1. The van der Waals surface area contributed by atoms with Crippen LogP contribution in [0.25, 0.3) is 0 Å². The maximum Gasteiger partial charge on any atom is 0.230 e. The fourth-order valence-corrected chi connectivity index (χ4v) is 8.89. The number of guanidine groups is 2. The zero-order valence-corrected chi connectivity index (χ0v) is 35.0. The Morgan fingerprint density at radius 2 is 1.12 bits per heavy atom. The van der Waals surface area contributed by atoms with Gasteiger partial charge in [-0.05, 0) is 105 Å². The van der Waals surface area contributed by atoms with Crippen molar-refractivity contribution in [3.63, 3.8) is 0 Å². The minimum Gasteiger partial charge on any atom is -0.368 e. The highest BCUT2D eigenvalue weighted by Gasteiger charge is 2.42. The van der Waals surface area contributed by atoms with Gasteiger partial charge in [0.2, 0.25) is 11.9 Å². The zero-order valence-electron chi connectivity index (χ0n) is 35.0. The Labute approximate surface area is 319 Å². The van der Waals surface area contributed by atoms with E-state index in [1.165, 1.54) is 64.2 Å². The largest absolute Gasteiger partial charge is 0.368 e. The Balaban J connectivity index is 1.60. The van der Waals surface area contributed by atoms with Crippen LogP contribution < -0.4 is 5.73 Å². The predicted octanol–water partition coefficient (Wildman–Crippen LogP) is 9.09. The van der Waals surface area contributed by atoms with E-state index in [1.54, 1.807) is 0 Å². The maximum absolute atomic E-state index is 6.70. The van der Waals surface area contributed by atoms with Crippen LogP contribution in [0.5, 0.6) is 0 Å². The van der Waals surface area contributed by atoms with Gasteiger partial charge in [0.25, 0.3) is 0 Å². The second-order valence-corrected chi connectivity index (χ2v) is 17.6. The Kier molecular flexibility index (Phi) is 17.7. The molecule has 2 aliphatic heterocycles. The molecular formula is C42H80N8O2. The molecule has 4 aliphatic rings. The highest BCUT2D eigenvalue weighted by molar-refractivity contribution is 6.00. The monoisotopic (exact) mass is 729 g/mol. The number of rotatable bonds is 15. The van der Waals surface area contributed by atoms with Gasteiger partial charge in [-0.3, -0.25) is 14.7 Å². The number of hydrogen-bond donors (Lipinski definition) is 1. The van der Waals surface area contributed by atoms with E-state index in [0.717, 1.165) is 102 Å². The third-order valence-corrected chi connectivity index (χ3v) is 12.1. The molecule has 0 amide bonds. The molecule has 52 heavy (non-hydrogen) atoms. The van der Waals surface area contributed by atoms with E-state index >= 15 is 0 Å². The van der Waals surface area contributed by atoms with Crippen molar-refractivity contribution in [1.82, 2.24) is 19.9 Å². The summed E-state index contributed by atoms with van der Waals surface area (Å²) < 4.78 is 0. The van der Waals surface area contributed by atoms with Gasteiger partial charge in [0, 0.05) is 55.9 Å². The van der Waals surface area contributed by atoms with Gasteiger partial charge in [0.05, 0.1) is 12.2 Å². The van der Waals surface area contributed by atoms with Gasteiger partial charge in [0.15, 0.2) is 0 Å². The lowest BCUT2D eigenvalue weighted by atomic mass is 9.87. The third kappa shape index (κ3) is 12.9. The van der Waals surface area contributed by atoms with Crippen LogP contribution in [0.1, 0.15) is 184 Å². The average molecular weight is 729 g/mol. The van der Waals surface area contributed by atoms with Crippen molar-refractivity contribution in [2.45, 2.75) is 219 Å². The average Bonchev–Trinajstić information content (AvgIpc) is 3.11. The highest BCUT2D eigenvalue weighted by atomic mass is 16.7. The molecule has 10 heteroatoms. The van der Waals surface area contributed by atoms with Crippen molar-refractivity contribution in [3.8, 4) is 0 Å². The fraction of sp³-hybridized carbons (Fsp3) is 0.929.